The second kappa shape index (κ2) is 8.79. The molecule has 0 saturated heterocycles. The molecule has 0 aliphatic heterocycles. The number of hydrogen-bond donors (Lipinski definition) is 2. The van der Waals surface area contributed by atoms with Crippen molar-refractivity contribution in [3.05, 3.63) is 54.1 Å². The average molecular weight is 399 g/mol. The van der Waals surface area contributed by atoms with Gasteiger partial charge < -0.3 is 10.6 Å². The summed E-state index contributed by atoms with van der Waals surface area (Å²) in [4.78, 5) is 27.7. The molecule has 138 valence electrons. The van der Waals surface area contributed by atoms with Gasteiger partial charge >= 0.3 is 0 Å². The van der Waals surface area contributed by atoms with Crippen molar-refractivity contribution >= 4 is 46.5 Å². The zero-order chi connectivity index (χ0) is 19.2. The molecule has 1 heterocycles. The maximum Gasteiger partial charge on any atom is 0.234 e. The Bertz CT molecular complexity index is 954. The quantitative estimate of drug-likeness (QED) is 0.608. The van der Waals surface area contributed by atoms with E-state index in [2.05, 4.69) is 20.0 Å². The molecule has 0 radical (unpaired) electrons. The van der Waals surface area contributed by atoms with Crippen LogP contribution in [0.4, 0.5) is 11.4 Å². The second-order valence-electron chi connectivity index (χ2n) is 5.79. The van der Waals surface area contributed by atoms with Crippen molar-refractivity contribution in [2.24, 2.45) is 0 Å². The van der Waals surface area contributed by atoms with Gasteiger partial charge in [0, 0.05) is 23.9 Å². The van der Waals surface area contributed by atoms with Crippen LogP contribution in [0.1, 0.15) is 12.5 Å². The fraction of sp³-hybridized carbons (Fsp3) is 0.158. The third-order valence-electron chi connectivity index (χ3n) is 3.61. The number of rotatable bonds is 6. The van der Waals surface area contributed by atoms with Crippen molar-refractivity contribution in [3.63, 3.8) is 0 Å². The van der Waals surface area contributed by atoms with Crippen molar-refractivity contribution in [2.75, 3.05) is 16.4 Å². The molecule has 0 saturated carbocycles. The summed E-state index contributed by atoms with van der Waals surface area (Å²) in [7, 11) is 0. The largest absolute Gasteiger partial charge is 0.326 e. The lowest BCUT2D eigenvalue weighted by Crippen LogP contribution is -2.14. The number of aromatic nitrogens is 2. The van der Waals surface area contributed by atoms with Gasteiger partial charge in [-0.05, 0) is 48.3 Å². The van der Waals surface area contributed by atoms with E-state index in [0.29, 0.717) is 17.2 Å². The summed E-state index contributed by atoms with van der Waals surface area (Å²) in [6, 6.07) is 14.9. The van der Waals surface area contributed by atoms with E-state index in [-0.39, 0.29) is 17.6 Å². The van der Waals surface area contributed by atoms with Gasteiger partial charge in [-0.15, -0.1) is 0 Å². The van der Waals surface area contributed by atoms with Crippen LogP contribution in [0.15, 0.2) is 52.9 Å². The number of anilines is 2. The predicted molar refractivity (Wildman–Crippen MR) is 110 cm³/mol. The molecule has 0 fully saturated rings. The summed E-state index contributed by atoms with van der Waals surface area (Å²) >= 11 is 2.65. The highest BCUT2D eigenvalue weighted by Crippen LogP contribution is 2.27. The van der Waals surface area contributed by atoms with Gasteiger partial charge in [0.25, 0.3) is 0 Å². The monoisotopic (exact) mass is 398 g/mol. The Morgan fingerprint density at radius 2 is 1.70 bits per heavy atom. The molecular formula is C19H18N4O2S2. The summed E-state index contributed by atoms with van der Waals surface area (Å²) in [5.41, 5.74) is 3.48. The van der Waals surface area contributed by atoms with Gasteiger partial charge in [-0.1, -0.05) is 36.0 Å². The minimum Gasteiger partial charge on any atom is -0.326 e. The van der Waals surface area contributed by atoms with E-state index in [1.807, 2.05) is 31.2 Å². The lowest BCUT2D eigenvalue weighted by atomic mass is 10.1. The topological polar surface area (TPSA) is 84.0 Å². The number of nitrogens with zero attached hydrogens (tertiary/aromatic N) is 2. The molecule has 0 spiro atoms. The van der Waals surface area contributed by atoms with Crippen LogP contribution in [-0.2, 0) is 9.59 Å². The molecule has 0 atom stereocenters. The third-order valence-corrected chi connectivity index (χ3v) is 5.44. The minimum atomic E-state index is -0.134. The van der Waals surface area contributed by atoms with Crippen molar-refractivity contribution in [1.29, 1.82) is 0 Å². The number of nitrogens with one attached hydrogen (secondary N) is 2. The van der Waals surface area contributed by atoms with Crippen LogP contribution in [0.3, 0.4) is 0 Å². The molecule has 0 aliphatic carbocycles. The van der Waals surface area contributed by atoms with Crippen LogP contribution in [0.2, 0.25) is 0 Å². The molecule has 0 unspecified atom stereocenters. The van der Waals surface area contributed by atoms with Gasteiger partial charge in [0.1, 0.15) is 0 Å². The van der Waals surface area contributed by atoms with Gasteiger partial charge in [-0.3, -0.25) is 9.59 Å². The lowest BCUT2D eigenvalue weighted by molar-refractivity contribution is -0.114. The zero-order valence-corrected chi connectivity index (χ0v) is 16.5. The van der Waals surface area contributed by atoms with E-state index in [4.69, 9.17) is 0 Å². The van der Waals surface area contributed by atoms with E-state index in [1.54, 1.807) is 24.3 Å². The molecular weight excluding hydrogens is 380 g/mol. The zero-order valence-electron chi connectivity index (χ0n) is 14.9. The molecule has 3 rings (SSSR count). The molecule has 2 N–H and O–H groups in total. The van der Waals surface area contributed by atoms with Crippen LogP contribution in [0.5, 0.6) is 0 Å². The Morgan fingerprint density at radius 1 is 1.04 bits per heavy atom. The van der Waals surface area contributed by atoms with Gasteiger partial charge in [-0.25, -0.2) is 4.98 Å². The summed E-state index contributed by atoms with van der Waals surface area (Å²) < 4.78 is 5.14. The van der Waals surface area contributed by atoms with Crippen molar-refractivity contribution in [2.45, 2.75) is 18.2 Å². The molecule has 2 aromatic carbocycles. The molecule has 2 amide bonds. The van der Waals surface area contributed by atoms with Crippen molar-refractivity contribution in [1.82, 2.24) is 9.36 Å². The fourth-order valence-electron chi connectivity index (χ4n) is 2.37. The Balaban J connectivity index is 1.54. The number of aryl methyl sites for hydroxylation is 1. The summed E-state index contributed by atoms with van der Waals surface area (Å²) in [6.07, 6.45) is 0. The maximum atomic E-state index is 12.1. The first-order chi connectivity index (χ1) is 13.0. The third kappa shape index (κ3) is 5.38. The van der Waals surface area contributed by atoms with Crippen LogP contribution in [0.25, 0.3) is 11.4 Å². The van der Waals surface area contributed by atoms with Crippen LogP contribution in [-0.4, -0.2) is 26.9 Å². The van der Waals surface area contributed by atoms with Crippen molar-refractivity contribution in [3.8, 4) is 11.4 Å². The molecule has 3 aromatic rings. The summed E-state index contributed by atoms with van der Waals surface area (Å²) in [5.74, 6) is 0.676. The normalized spacial score (nSPS) is 10.4. The Labute approximate surface area is 165 Å². The molecule has 8 heteroatoms. The molecule has 0 aliphatic rings. The fourth-order valence-corrected chi connectivity index (χ4v) is 3.77. The van der Waals surface area contributed by atoms with E-state index in [1.165, 1.54) is 30.2 Å². The van der Waals surface area contributed by atoms with Crippen LogP contribution >= 0.6 is 23.3 Å². The van der Waals surface area contributed by atoms with E-state index in [9.17, 15) is 9.59 Å². The second-order valence-corrected chi connectivity index (χ2v) is 7.77. The Kier molecular flexibility index (Phi) is 6.20. The lowest BCUT2D eigenvalue weighted by Gasteiger charge is -2.06. The van der Waals surface area contributed by atoms with Crippen LogP contribution < -0.4 is 10.6 Å². The highest BCUT2D eigenvalue weighted by Gasteiger charge is 2.11. The summed E-state index contributed by atoms with van der Waals surface area (Å²) in [6.45, 7) is 3.47. The van der Waals surface area contributed by atoms with E-state index in [0.717, 1.165) is 15.5 Å². The van der Waals surface area contributed by atoms with E-state index >= 15 is 0 Å². The number of amides is 2. The highest BCUT2D eigenvalue weighted by molar-refractivity contribution is 8.01. The Morgan fingerprint density at radius 3 is 2.37 bits per heavy atom. The smallest absolute Gasteiger partial charge is 0.234 e. The average Bonchev–Trinajstić information content (AvgIpc) is 3.10. The molecule has 27 heavy (non-hydrogen) atoms. The van der Waals surface area contributed by atoms with Gasteiger partial charge in [0.2, 0.25) is 11.8 Å². The number of benzene rings is 2. The molecule has 6 nitrogen and oxygen atoms in total. The number of thioether (sulfide) groups is 1. The summed E-state index contributed by atoms with van der Waals surface area (Å²) in [5, 5.41) is 5.51. The number of carbonyl (C=O) groups is 2. The standard InChI is InChI=1S/C19H18N4O2S2/c1-12-5-3-4-6-16(12)18-22-19(27-23-18)26-11-17(25)21-15-9-7-14(8-10-15)20-13(2)24/h3-10H,11H2,1-2H3,(H,20,24)(H,21,25). The maximum absolute atomic E-state index is 12.1. The van der Waals surface area contributed by atoms with Gasteiger partial charge in [0.05, 0.1) is 5.75 Å². The first-order valence-electron chi connectivity index (χ1n) is 8.21. The first kappa shape index (κ1) is 19.1. The minimum absolute atomic E-state index is 0.125. The molecule has 1 aromatic heterocycles. The van der Waals surface area contributed by atoms with Crippen molar-refractivity contribution < 1.29 is 9.59 Å². The predicted octanol–water partition coefficient (Wildman–Crippen LogP) is 4.20. The first-order valence-corrected chi connectivity index (χ1v) is 9.97. The van der Waals surface area contributed by atoms with Gasteiger partial charge in [0.15, 0.2) is 10.2 Å². The number of carbonyl (C=O) groups excluding carboxylic acids is 2. The Hall–Kier alpha value is -2.71. The van der Waals surface area contributed by atoms with Gasteiger partial charge in [-0.2, -0.15) is 4.37 Å². The SMILES string of the molecule is CC(=O)Nc1ccc(NC(=O)CSc2nc(-c3ccccc3C)ns2)cc1. The van der Waals surface area contributed by atoms with Crippen LogP contribution in [0, 0.1) is 6.92 Å². The van der Waals surface area contributed by atoms with E-state index < -0.39 is 0 Å². The number of hydrogen-bond acceptors (Lipinski definition) is 6. The highest BCUT2D eigenvalue weighted by atomic mass is 32.2. The molecule has 0 bridgehead atoms.